The molecule has 1 heterocycles. The van der Waals surface area contributed by atoms with E-state index in [1.807, 2.05) is 42.5 Å². The summed E-state index contributed by atoms with van der Waals surface area (Å²) in [5.74, 6) is 6.06. The summed E-state index contributed by atoms with van der Waals surface area (Å²) in [5, 5.41) is 0. The molecule has 0 spiro atoms. The molecular formula is C14H12N2. The van der Waals surface area contributed by atoms with Gasteiger partial charge in [-0.3, -0.25) is 0 Å². The van der Waals surface area contributed by atoms with Gasteiger partial charge in [0.05, 0.1) is 0 Å². The zero-order valence-corrected chi connectivity index (χ0v) is 8.85. The van der Waals surface area contributed by atoms with Crippen LogP contribution in [0, 0.1) is 11.8 Å². The highest BCUT2D eigenvalue weighted by molar-refractivity contribution is 5.39. The van der Waals surface area contributed by atoms with Gasteiger partial charge in [0.25, 0.3) is 0 Å². The summed E-state index contributed by atoms with van der Waals surface area (Å²) < 4.78 is 0. The highest BCUT2D eigenvalue weighted by atomic mass is 14.7. The largest absolute Gasteiger partial charge is 0.326 e. The predicted molar refractivity (Wildman–Crippen MR) is 64.6 cm³/mol. The van der Waals surface area contributed by atoms with E-state index in [0.717, 1.165) is 16.8 Å². The second-order valence-electron chi connectivity index (χ2n) is 3.37. The van der Waals surface area contributed by atoms with E-state index in [0.29, 0.717) is 6.54 Å². The van der Waals surface area contributed by atoms with Crippen molar-refractivity contribution in [3.63, 3.8) is 0 Å². The third-order valence-electron chi connectivity index (χ3n) is 2.17. The summed E-state index contributed by atoms with van der Waals surface area (Å²) in [6.45, 7) is 0.513. The van der Waals surface area contributed by atoms with E-state index in [4.69, 9.17) is 5.73 Å². The molecule has 16 heavy (non-hydrogen) atoms. The van der Waals surface area contributed by atoms with Crippen LogP contribution in [0.5, 0.6) is 0 Å². The molecule has 2 heteroatoms. The molecule has 2 rings (SSSR count). The highest BCUT2D eigenvalue weighted by Gasteiger charge is 1.90. The third-order valence-corrected chi connectivity index (χ3v) is 2.17. The minimum Gasteiger partial charge on any atom is -0.326 e. The number of aromatic nitrogens is 1. The van der Waals surface area contributed by atoms with Crippen LogP contribution in [0.15, 0.2) is 48.7 Å². The molecule has 0 atom stereocenters. The summed E-state index contributed by atoms with van der Waals surface area (Å²) >= 11 is 0. The maximum absolute atomic E-state index is 5.49. The standard InChI is InChI=1S/C14H12N2/c15-10-13-7-9-14(16-11-13)8-6-12-4-2-1-3-5-12/h1-5,7,9,11H,10,15H2. The van der Waals surface area contributed by atoms with Crippen molar-refractivity contribution in [3.05, 3.63) is 65.5 Å². The molecule has 0 amide bonds. The highest BCUT2D eigenvalue weighted by Crippen LogP contribution is 1.99. The van der Waals surface area contributed by atoms with Crippen LogP contribution < -0.4 is 5.73 Å². The van der Waals surface area contributed by atoms with E-state index in [2.05, 4.69) is 16.8 Å². The molecule has 0 aliphatic heterocycles. The first-order valence-electron chi connectivity index (χ1n) is 5.10. The third kappa shape index (κ3) is 2.69. The average Bonchev–Trinajstić information content (AvgIpc) is 2.38. The van der Waals surface area contributed by atoms with Crippen LogP contribution >= 0.6 is 0 Å². The zero-order chi connectivity index (χ0) is 11.2. The molecule has 0 saturated carbocycles. The van der Waals surface area contributed by atoms with Crippen LogP contribution in [0.2, 0.25) is 0 Å². The second-order valence-corrected chi connectivity index (χ2v) is 3.37. The van der Waals surface area contributed by atoms with Crippen LogP contribution in [0.1, 0.15) is 16.8 Å². The monoisotopic (exact) mass is 208 g/mol. The Hall–Kier alpha value is -2.11. The van der Waals surface area contributed by atoms with Crippen molar-refractivity contribution in [2.24, 2.45) is 5.73 Å². The lowest BCUT2D eigenvalue weighted by Crippen LogP contribution is -1.96. The van der Waals surface area contributed by atoms with E-state index >= 15 is 0 Å². The van der Waals surface area contributed by atoms with Crippen molar-refractivity contribution >= 4 is 0 Å². The number of rotatable bonds is 1. The molecule has 78 valence electrons. The normalized spacial score (nSPS) is 9.31. The zero-order valence-electron chi connectivity index (χ0n) is 8.85. The second kappa shape index (κ2) is 5.11. The lowest BCUT2D eigenvalue weighted by Gasteiger charge is -1.94. The van der Waals surface area contributed by atoms with Gasteiger partial charge in [-0.1, -0.05) is 30.2 Å². The fourth-order valence-corrected chi connectivity index (χ4v) is 1.28. The van der Waals surface area contributed by atoms with Crippen LogP contribution in [0.4, 0.5) is 0 Å². The molecule has 2 N–H and O–H groups in total. The van der Waals surface area contributed by atoms with Crippen molar-refractivity contribution in [1.82, 2.24) is 4.98 Å². The number of pyridine rings is 1. The van der Waals surface area contributed by atoms with Gasteiger partial charge in [-0.2, -0.15) is 0 Å². The number of nitrogens with zero attached hydrogens (tertiary/aromatic N) is 1. The van der Waals surface area contributed by atoms with Gasteiger partial charge in [0.15, 0.2) is 0 Å². The van der Waals surface area contributed by atoms with E-state index in [-0.39, 0.29) is 0 Å². The predicted octanol–water partition coefficient (Wildman–Crippen LogP) is 1.94. The maximum atomic E-state index is 5.49. The van der Waals surface area contributed by atoms with Crippen LogP contribution in [0.3, 0.4) is 0 Å². The molecule has 0 aliphatic rings. The van der Waals surface area contributed by atoms with Gasteiger partial charge in [-0.25, -0.2) is 4.98 Å². The van der Waals surface area contributed by atoms with E-state index in [1.165, 1.54) is 0 Å². The van der Waals surface area contributed by atoms with Crippen LogP contribution in [-0.2, 0) is 6.54 Å². The number of benzene rings is 1. The average molecular weight is 208 g/mol. The Balaban J connectivity index is 2.18. The minimum absolute atomic E-state index is 0.513. The summed E-state index contributed by atoms with van der Waals surface area (Å²) in [7, 11) is 0. The Morgan fingerprint density at radius 1 is 1.00 bits per heavy atom. The Morgan fingerprint density at radius 2 is 1.81 bits per heavy atom. The number of hydrogen-bond donors (Lipinski definition) is 1. The van der Waals surface area contributed by atoms with Crippen molar-refractivity contribution < 1.29 is 0 Å². The molecule has 0 unspecified atom stereocenters. The Morgan fingerprint density at radius 3 is 2.44 bits per heavy atom. The van der Waals surface area contributed by atoms with Crippen molar-refractivity contribution in [1.29, 1.82) is 0 Å². The van der Waals surface area contributed by atoms with E-state index < -0.39 is 0 Å². The summed E-state index contributed by atoms with van der Waals surface area (Å²) in [4.78, 5) is 4.21. The van der Waals surface area contributed by atoms with Crippen LogP contribution in [-0.4, -0.2) is 4.98 Å². The maximum Gasteiger partial charge on any atom is 0.113 e. The summed E-state index contributed by atoms with van der Waals surface area (Å²) in [5.41, 5.74) is 8.27. The lowest BCUT2D eigenvalue weighted by molar-refractivity contribution is 1.04. The molecule has 0 radical (unpaired) electrons. The molecule has 0 bridgehead atoms. The van der Waals surface area contributed by atoms with E-state index in [9.17, 15) is 0 Å². The number of nitrogens with two attached hydrogens (primary N) is 1. The molecule has 2 aromatic rings. The fourth-order valence-electron chi connectivity index (χ4n) is 1.28. The molecule has 1 aromatic carbocycles. The number of hydrogen-bond acceptors (Lipinski definition) is 2. The van der Waals surface area contributed by atoms with Gasteiger partial charge in [0.2, 0.25) is 0 Å². The SMILES string of the molecule is NCc1ccc(C#Cc2ccccc2)nc1. The van der Waals surface area contributed by atoms with Crippen LogP contribution in [0.25, 0.3) is 0 Å². The summed E-state index contributed by atoms with van der Waals surface area (Å²) in [6, 6.07) is 13.7. The van der Waals surface area contributed by atoms with Gasteiger partial charge < -0.3 is 5.73 Å². The Bertz CT molecular complexity index is 504. The molecular weight excluding hydrogens is 196 g/mol. The van der Waals surface area contributed by atoms with Gasteiger partial charge >= 0.3 is 0 Å². The first-order valence-corrected chi connectivity index (χ1v) is 5.10. The van der Waals surface area contributed by atoms with Gasteiger partial charge in [0.1, 0.15) is 5.69 Å². The first kappa shape index (κ1) is 10.4. The molecule has 1 aromatic heterocycles. The van der Waals surface area contributed by atoms with E-state index in [1.54, 1.807) is 6.20 Å². The fraction of sp³-hybridized carbons (Fsp3) is 0.0714. The van der Waals surface area contributed by atoms with Crippen molar-refractivity contribution in [3.8, 4) is 11.8 Å². The summed E-state index contributed by atoms with van der Waals surface area (Å²) in [6.07, 6.45) is 1.76. The van der Waals surface area contributed by atoms with Gasteiger partial charge in [-0.15, -0.1) is 0 Å². The molecule has 0 aliphatic carbocycles. The smallest absolute Gasteiger partial charge is 0.113 e. The topological polar surface area (TPSA) is 38.9 Å². The first-order chi connectivity index (χ1) is 7.88. The van der Waals surface area contributed by atoms with Crippen molar-refractivity contribution in [2.45, 2.75) is 6.54 Å². The van der Waals surface area contributed by atoms with Gasteiger partial charge in [0, 0.05) is 18.3 Å². The minimum atomic E-state index is 0.513. The molecule has 0 saturated heterocycles. The lowest BCUT2D eigenvalue weighted by atomic mass is 10.2. The Labute approximate surface area is 95.1 Å². The molecule has 0 fully saturated rings. The quantitative estimate of drug-likeness (QED) is 0.727. The molecule has 2 nitrogen and oxygen atoms in total. The van der Waals surface area contributed by atoms with Gasteiger partial charge in [-0.05, 0) is 29.7 Å². The van der Waals surface area contributed by atoms with Crippen molar-refractivity contribution in [2.75, 3.05) is 0 Å². The Kier molecular flexibility index (Phi) is 3.32.